The van der Waals surface area contributed by atoms with Gasteiger partial charge < -0.3 is 25.6 Å². The minimum absolute atomic E-state index is 0.0959. The van der Waals surface area contributed by atoms with Crippen molar-refractivity contribution in [3.8, 4) is 11.5 Å². The normalized spacial score (nSPS) is 11.5. The lowest BCUT2D eigenvalue weighted by atomic mass is 10.1. The van der Waals surface area contributed by atoms with Gasteiger partial charge in [0.1, 0.15) is 6.04 Å². The molecule has 1 aromatic rings. The lowest BCUT2D eigenvalue weighted by Crippen LogP contribution is -2.44. The molecule has 0 aromatic heterocycles. The number of nitrogens with one attached hydrogen (secondary N) is 1. The molecule has 0 heterocycles. The molecule has 0 aliphatic rings. The summed E-state index contributed by atoms with van der Waals surface area (Å²) in [5, 5.41) is 11.1. The number of carboxylic acids is 1. The number of aliphatic carboxylic acids is 1. The number of methoxy groups -OCH3 is 2. The van der Waals surface area contributed by atoms with E-state index in [2.05, 4.69) is 5.32 Å². The zero-order valence-corrected chi connectivity index (χ0v) is 10.7. The number of nitrogens with two attached hydrogens (primary N) is 1. The van der Waals surface area contributed by atoms with Crippen molar-refractivity contribution in [2.75, 3.05) is 14.2 Å². The molecule has 19 heavy (non-hydrogen) atoms. The average Bonchev–Trinajstić information content (AvgIpc) is 2.37. The quantitative estimate of drug-likeness (QED) is 0.690. The summed E-state index contributed by atoms with van der Waals surface area (Å²) in [7, 11) is 2.99. The van der Waals surface area contributed by atoms with Crippen LogP contribution in [0.2, 0.25) is 0 Å². The molecule has 7 nitrogen and oxygen atoms in total. The molecule has 1 aromatic carbocycles. The van der Waals surface area contributed by atoms with Crippen LogP contribution in [0.4, 0.5) is 4.79 Å². The van der Waals surface area contributed by atoms with Crippen LogP contribution in [0.1, 0.15) is 5.56 Å². The zero-order chi connectivity index (χ0) is 14.4. The summed E-state index contributed by atoms with van der Waals surface area (Å²) in [5.41, 5.74) is 5.61. The molecular weight excluding hydrogens is 252 g/mol. The highest BCUT2D eigenvalue weighted by Crippen LogP contribution is 2.27. The van der Waals surface area contributed by atoms with Gasteiger partial charge in [0.2, 0.25) is 0 Å². The van der Waals surface area contributed by atoms with Crippen LogP contribution in [0.3, 0.4) is 0 Å². The fourth-order valence-electron chi connectivity index (χ4n) is 1.62. The number of carboxylic acid groups (broad SMARTS) is 1. The smallest absolute Gasteiger partial charge is 0.326 e. The van der Waals surface area contributed by atoms with Crippen LogP contribution in [0, 0.1) is 0 Å². The summed E-state index contributed by atoms with van der Waals surface area (Å²) >= 11 is 0. The number of benzene rings is 1. The van der Waals surface area contributed by atoms with E-state index < -0.39 is 18.0 Å². The number of carbonyl (C=O) groups excluding carboxylic acids is 1. The van der Waals surface area contributed by atoms with Gasteiger partial charge in [-0.15, -0.1) is 0 Å². The molecule has 0 radical (unpaired) electrons. The first-order chi connectivity index (χ1) is 8.97. The molecule has 0 saturated heterocycles. The Bertz CT molecular complexity index is 475. The molecule has 0 bridgehead atoms. The topological polar surface area (TPSA) is 111 Å². The van der Waals surface area contributed by atoms with E-state index in [0.29, 0.717) is 17.1 Å². The van der Waals surface area contributed by atoms with Crippen molar-refractivity contribution < 1.29 is 24.2 Å². The molecule has 1 unspecified atom stereocenters. The molecule has 0 aliphatic carbocycles. The predicted octanol–water partition coefficient (Wildman–Crippen LogP) is 0.368. The maximum Gasteiger partial charge on any atom is 0.326 e. The summed E-state index contributed by atoms with van der Waals surface area (Å²) in [6, 6.07) is 3.04. The van der Waals surface area contributed by atoms with Crippen LogP contribution >= 0.6 is 0 Å². The van der Waals surface area contributed by atoms with Gasteiger partial charge in [0.25, 0.3) is 0 Å². The summed E-state index contributed by atoms with van der Waals surface area (Å²) in [4.78, 5) is 21.7. The first kappa shape index (κ1) is 14.6. The third-order valence-corrected chi connectivity index (χ3v) is 2.50. The largest absolute Gasteiger partial charge is 0.493 e. The van der Waals surface area contributed by atoms with E-state index in [-0.39, 0.29) is 6.42 Å². The van der Waals surface area contributed by atoms with E-state index >= 15 is 0 Å². The van der Waals surface area contributed by atoms with Crippen molar-refractivity contribution in [2.45, 2.75) is 12.5 Å². The minimum atomic E-state index is -1.16. The second-order valence-corrected chi connectivity index (χ2v) is 3.79. The molecule has 1 rings (SSSR count). The monoisotopic (exact) mass is 268 g/mol. The molecule has 4 N–H and O–H groups in total. The van der Waals surface area contributed by atoms with Crippen LogP contribution < -0.4 is 20.5 Å². The van der Waals surface area contributed by atoms with E-state index in [4.69, 9.17) is 20.3 Å². The fraction of sp³-hybridized carbons (Fsp3) is 0.333. The first-order valence-corrected chi connectivity index (χ1v) is 5.47. The van der Waals surface area contributed by atoms with Gasteiger partial charge in [0, 0.05) is 6.42 Å². The lowest BCUT2D eigenvalue weighted by molar-refractivity contribution is -0.139. The van der Waals surface area contributed by atoms with Gasteiger partial charge >= 0.3 is 12.0 Å². The zero-order valence-electron chi connectivity index (χ0n) is 10.7. The van der Waals surface area contributed by atoms with Crippen molar-refractivity contribution in [1.29, 1.82) is 0 Å². The van der Waals surface area contributed by atoms with Crippen LogP contribution in [0.25, 0.3) is 0 Å². The van der Waals surface area contributed by atoms with Crippen LogP contribution in [-0.4, -0.2) is 37.4 Å². The van der Waals surface area contributed by atoms with E-state index in [1.54, 1.807) is 18.2 Å². The number of hydrogen-bond acceptors (Lipinski definition) is 4. The summed E-state index contributed by atoms with van der Waals surface area (Å²) in [5.74, 6) is -0.127. The molecule has 104 valence electrons. The molecule has 0 fully saturated rings. The van der Waals surface area contributed by atoms with E-state index in [1.165, 1.54) is 14.2 Å². The Hall–Kier alpha value is -2.44. The van der Waals surface area contributed by atoms with Crippen molar-refractivity contribution >= 4 is 12.0 Å². The number of carbonyl (C=O) groups is 2. The van der Waals surface area contributed by atoms with Crippen LogP contribution in [-0.2, 0) is 11.2 Å². The van der Waals surface area contributed by atoms with Crippen LogP contribution in [0.15, 0.2) is 18.2 Å². The number of hydrogen-bond donors (Lipinski definition) is 3. The van der Waals surface area contributed by atoms with Crippen molar-refractivity contribution in [3.63, 3.8) is 0 Å². The van der Waals surface area contributed by atoms with Gasteiger partial charge in [-0.25, -0.2) is 9.59 Å². The lowest BCUT2D eigenvalue weighted by Gasteiger charge is -2.14. The van der Waals surface area contributed by atoms with Gasteiger partial charge in [0.05, 0.1) is 14.2 Å². The van der Waals surface area contributed by atoms with E-state index in [0.717, 1.165) is 0 Å². The summed E-state index contributed by atoms with van der Waals surface area (Å²) < 4.78 is 10.2. The van der Waals surface area contributed by atoms with Crippen molar-refractivity contribution in [3.05, 3.63) is 23.8 Å². The van der Waals surface area contributed by atoms with Gasteiger partial charge in [-0.05, 0) is 17.7 Å². The summed E-state index contributed by atoms with van der Waals surface area (Å²) in [6.07, 6.45) is 0.0959. The number of urea groups is 1. The van der Waals surface area contributed by atoms with E-state index in [1.807, 2.05) is 0 Å². The first-order valence-electron chi connectivity index (χ1n) is 5.47. The molecule has 0 aliphatic heterocycles. The second kappa shape index (κ2) is 6.48. The van der Waals surface area contributed by atoms with Crippen molar-refractivity contribution in [2.24, 2.45) is 5.73 Å². The Morgan fingerprint density at radius 1 is 1.32 bits per heavy atom. The SMILES string of the molecule is COc1ccc(CC(NC(N)=O)C(=O)O)cc1OC. The van der Waals surface area contributed by atoms with Crippen molar-refractivity contribution in [1.82, 2.24) is 5.32 Å². The van der Waals surface area contributed by atoms with Gasteiger partial charge in [-0.1, -0.05) is 6.07 Å². The Morgan fingerprint density at radius 2 is 1.95 bits per heavy atom. The number of amides is 2. The number of primary amides is 1. The molecular formula is C12H16N2O5. The Balaban J connectivity index is 2.90. The highest BCUT2D eigenvalue weighted by molar-refractivity contribution is 5.81. The molecule has 7 heteroatoms. The van der Waals surface area contributed by atoms with Gasteiger partial charge in [0.15, 0.2) is 11.5 Å². The standard InChI is InChI=1S/C12H16N2O5/c1-18-9-4-3-7(6-10(9)19-2)5-8(11(15)16)14-12(13)17/h3-4,6,8H,5H2,1-2H3,(H,15,16)(H3,13,14,17). The Labute approximate surface area is 110 Å². The molecule has 0 spiro atoms. The Morgan fingerprint density at radius 3 is 2.42 bits per heavy atom. The molecule has 1 atom stereocenters. The highest BCUT2D eigenvalue weighted by atomic mass is 16.5. The minimum Gasteiger partial charge on any atom is -0.493 e. The third-order valence-electron chi connectivity index (χ3n) is 2.50. The van der Waals surface area contributed by atoms with E-state index in [9.17, 15) is 9.59 Å². The highest BCUT2D eigenvalue weighted by Gasteiger charge is 2.19. The Kier molecular flexibility index (Phi) is 4.99. The fourth-order valence-corrected chi connectivity index (χ4v) is 1.62. The number of ether oxygens (including phenoxy) is 2. The molecule has 2 amide bonds. The predicted molar refractivity (Wildman–Crippen MR) is 67.4 cm³/mol. The number of rotatable bonds is 6. The maximum absolute atomic E-state index is 11.0. The average molecular weight is 268 g/mol. The van der Waals surface area contributed by atoms with Crippen LogP contribution in [0.5, 0.6) is 11.5 Å². The second-order valence-electron chi connectivity index (χ2n) is 3.79. The maximum atomic E-state index is 11.0. The summed E-state index contributed by atoms with van der Waals surface area (Å²) in [6.45, 7) is 0. The van der Waals surface area contributed by atoms with Gasteiger partial charge in [-0.2, -0.15) is 0 Å². The van der Waals surface area contributed by atoms with Gasteiger partial charge in [-0.3, -0.25) is 0 Å². The third kappa shape index (κ3) is 4.06. The molecule has 0 saturated carbocycles.